The molecule has 45 heavy (non-hydrogen) atoms. The molecule has 0 aliphatic rings. The van der Waals surface area contributed by atoms with Gasteiger partial charge in [-0.3, -0.25) is 19.2 Å². The van der Waals surface area contributed by atoms with E-state index >= 15 is 0 Å². The van der Waals surface area contributed by atoms with Crippen molar-refractivity contribution in [2.24, 2.45) is 11.8 Å². The van der Waals surface area contributed by atoms with Crippen LogP contribution in [0, 0.1) is 11.8 Å². The molecule has 2 rings (SSSR count). The lowest BCUT2D eigenvalue weighted by Gasteiger charge is -2.26. The number of nitrogens with zero attached hydrogens (tertiary/aromatic N) is 1. The molecule has 0 unspecified atom stereocenters. The number of rotatable bonds is 19. The van der Waals surface area contributed by atoms with Crippen molar-refractivity contribution in [3.05, 3.63) is 71.3 Å². The van der Waals surface area contributed by atoms with E-state index in [-0.39, 0.29) is 24.2 Å². The van der Waals surface area contributed by atoms with E-state index in [1.807, 2.05) is 58.0 Å². The second-order valence-corrected chi connectivity index (χ2v) is 12.1. The van der Waals surface area contributed by atoms with Gasteiger partial charge in [0.05, 0.1) is 6.04 Å². The van der Waals surface area contributed by atoms with Gasteiger partial charge in [0.1, 0.15) is 18.4 Å². The fourth-order valence-corrected chi connectivity index (χ4v) is 4.96. The van der Waals surface area contributed by atoms with Gasteiger partial charge in [0.25, 0.3) is 11.8 Å². The molecule has 10 heteroatoms. The Morgan fingerprint density at radius 3 is 1.80 bits per heavy atom. The molecule has 3 atom stereocenters. The smallest absolute Gasteiger partial charge is 0.251 e. The normalized spacial score (nSPS) is 13.2. The van der Waals surface area contributed by atoms with E-state index in [0.717, 1.165) is 25.2 Å². The van der Waals surface area contributed by atoms with E-state index in [1.54, 1.807) is 24.3 Å². The lowest BCUT2D eigenvalue weighted by atomic mass is 9.99. The van der Waals surface area contributed by atoms with Gasteiger partial charge in [-0.15, -0.1) is 0 Å². The molecule has 0 saturated carbocycles. The van der Waals surface area contributed by atoms with Crippen LogP contribution >= 0.6 is 0 Å². The molecule has 0 heterocycles. The second-order valence-electron chi connectivity index (χ2n) is 12.1. The molecule has 0 aromatic heterocycles. The molecule has 0 aliphatic heterocycles. The first kappa shape index (κ1) is 37.1. The number of amides is 4. The maximum Gasteiger partial charge on any atom is 0.251 e. The Labute approximate surface area is 268 Å². The first-order valence-corrected chi connectivity index (χ1v) is 16.0. The number of likely N-dealkylation sites (N-methyl/N-ethyl adjacent to an activating group) is 1. The van der Waals surface area contributed by atoms with Crippen LogP contribution in [0.1, 0.15) is 80.7 Å². The fraction of sp³-hybridized carbons (Fsp3) is 0.514. The highest BCUT2D eigenvalue weighted by Crippen LogP contribution is 2.11. The molecule has 10 nitrogen and oxygen atoms in total. The molecule has 246 valence electrons. The molecular formula is C35H51N5O5. The van der Waals surface area contributed by atoms with Gasteiger partial charge in [-0.2, -0.15) is 0 Å². The maximum atomic E-state index is 13.6. The van der Waals surface area contributed by atoms with Gasteiger partial charge in [0, 0.05) is 30.6 Å². The molecule has 2 aromatic rings. The van der Waals surface area contributed by atoms with Crippen molar-refractivity contribution in [2.75, 3.05) is 26.2 Å². The average molecular weight is 622 g/mol. The second kappa shape index (κ2) is 19.4. The Balaban J connectivity index is 2.17. The minimum Gasteiger partial charge on any atom is -0.351 e. The summed E-state index contributed by atoms with van der Waals surface area (Å²) in [7, 11) is 0. The van der Waals surface area contributed by atoms with Crippen molar-refractivity contribution >= 4 is 29.9 Å². The number of carbonyl (C=O) groups excluding carboxylic acids is 5. The van der Waals surface area contributed by atoms with Crippen LogP contribution in [0.15, 0.2) is 54.6 Å². The lowest BCUT2D eigenvalue weighted by Crippen LogP contribution is -2.56. The van der Waals surface area contributed by atoms with E-state index in [0.29, 0.717) is 36.8 Å². The van der Waals surface area contributed by atoms with Gasteiger partial charge in [-0.05, 0) is 67.6 Å². The predicted molar refractivity (Wildman–Crippen MR) is 177 cm³/mol. The zero-order chi connectivity index (χ0) is 33.4. The Morgan fingerprint density at radius 2 is 1.27 bits per heavy atom. The van der Waals surface area contributed by atoms with Crippen LogP contribution in [-0.2, 0) is 20.8 Å². The van der Waals surface area contributed by atoms with E-state index < -0.39 is 35.8 Å². The minimum atomic E-state index is -0.983. The molecular weight excluding hydrogens is 570 g/mol. The molecule has 4 amide bonds. The summed E-state index contributed by atoms with van der Waals surface area (Å²) in [4.78, 5) is 66.6. The van der Waals surface area contributed by atoms with Gasteiger partial charge in [-0.25, -0.2) is 0 Å². The van der Waals surface area contributed by atoms with Crippen LogP contribution in [0.25, 0.3) is 0 Å². The summed E-state index contributed by atoms with van der Waals surface area (Å²) in [5.74, 6) is -1.38. The van der Waals surface area contributed by atoms with Crippen molar-refractivity contribution < 1.29 is 24.0 Å². The van der Waals surface area contributed by atoms with Gasteiger partial charge in [-0.1, -0.05) is 71.9 Å². The highest BCUT2D eigenvalue weighted by Gasteiger charge is 2.29. The average Bonchev–Trinajstić information content (AvgIpc) is 3.02. The predicted octanol–water partition coefficient (Wildman–Crippen LogP) is 3.36. The highest BCUT2D eigenvalue weighted by molar-refractivity contribution is 6.00. The van der Waals surface area contributed by atoms with Crippen molar-refractivity contribution in [2.45, 2.75) is 78.9 Å². The van der Waals surface area contributed by atoms with Crippen LogP contribution in [-0.4, -0.2) is 79.1 Å². The number of carbonyl (C=O) groups is 5. The SMILES string of the molecule is CCN(CC)CCNC(=O)c1ccc(C(=O)N[C@@H](Cc2ccccc2)C(=O)N[C@@H](CC(C)C)C(=O)N[C@H](C=O)CC(C)C)cc1. The Hall–Kier alpha value is -4.05. The Bertz CT molecular complexity index is 1230. The Morgan fingerprint density at radius 1 is 0.711 bits per heavy atom. The van der Waals surface area contributed by atoms with Gasteiger partial charge in [0.15, 0.2) is 0 Å². The minimum absolute atomic E-state index is 0.0796. The highest BCUT2D eigenvalue weighted by atomic mass is 16.2. The standard InChI is InChI=1S/C35H51N5O5/c1-7-40(8-2)19-18-36-32(42)27-14-16-28(17-15-27)33(43)38-31(22-26-12-10-9-11-13-26)35(45)39-30(21-25(5)6)34(44)37-29(23-41)20-24(3)4/h9-17,23-25,29-31H,7-8,18-22H2,1-6H3,(H,36,42)(H,37,44)(H,38,43)(H,39,45)/t29-,30-,31-/m0/s1. The maximum absolute atomic E-state index is 13.6. The van der Waals surface area contributed by atoms with Crippen LogP contribution < -0.4 is 21.3 Å². The summed E-state index contributed by atoms with van der Waals surface area (Å²) in [6.45, 7) is 15.0. The first-order valence-electron chi connectivity index (χ1n) is 16.0. The molecule has 0 aliphatic carbocycles. The van der Waals surface area contributed by atoms with E-state index in [1.165, 1.54) is 0 Å². The van der Waals surface area contributed by atoms with Crippen LogP contribution in [0.3, 0.4) is 0 Å². The number of nitrogens with one attached hydrogen (secondary N) is 4. The summed E-state index contributed by atoms with van der Waals surface area (Å²) in [6, 6.07) is 13.0. The van der Waals surface area contributed by atoms with Crippen molar-refractivity contribution in [3.63, 3.8) is 0 Å². The third-order valence-electron chi connectivity index (χ3n) is 7.48. The van der Waals surface area contributed by atoms with E-state index in [9.17, 15) is 24.0 Å². The van der Waals surface area contributed by atoms with Crippen LogP contribution in [0.4, 0.5) is 0 Å². The molecule has 0 radical (unpaired) electrons. The first-order chi connectivity index (χ1) is 21.5. The van der Waals surface area contributed by atoms with Crippen LogP contribution in [0.5, 0.6) is 0 Å². The molecule has 0 saturated heterocycles. The zero-order valence-corrected chi connectivity index (χ0v) is 27.6. The summed E-state index contributed by atoms with van der Waals surface area (Å²) in [6.07, 6.45) is 1.76. The van der Waals surface area contributed by atoms with Crippen LogP contribution in [0.2, 0.25) is 0 Å². The summed E-state index contributed by atoms with van der Waals surface area (Å²) >= 11 is 0. The lowest BCUT2D eigenvalue weighted by molar-refractivity contribution is -0.131. The molecule has 2 aromatic carbocycles. The van der Waals surface area contributed by atoms with Crippen molar-refractivity contribution in [3.8, 4) is 0 Å². The third-order valence-corrected chi connectivity index (χ3v) is 7.48. The number of hydrogen-bond donors (Lipinski definition) is 4. The topological polar surface area (TPSA) is 137 Å². The summed E-state index contributed by atoms with van der Waals surface area (Å²) < 4.78 is 0. The number of benzene rings is 2. The third kappa shape index (κ3) is 13.2. The zero-order valence-electron chi connectivity index (χ0n) is 27.6. The van der Waals surface area contributed by atoms with Gasteiger partial charge < -0.3 is 31.0 Å². The fourth-order valence-electron chi connectivity index (χ4n) is 4.96. The summed E-state index contributed by atoms with van der Waals surface area (Å²) in [5, 5.41) is 11.3. The molecule has 0 bridgehead atoms. The largest absolute Gasteiger partial charge is 0.351 e. The number of hydrogen-bond acceptors (Lipinski definition) is 6. The van der Waals surface area contributed by atoms with E-state index in [2.05, 4.69) is 40.0 Å². The quantitative estimate of drug-likeness (QED) is 0.178. The van der Waals surface area contributed by atoms with Crippen molar-refractivity contribution in [1.29, 1.82) is 0 Å². The number of aldehydes is 1. The van der Waals surface area contributed by atoms with Gasteiger partial charge in [0.2, 0.25) is 11.8 Å². The molecule has 0 spiro atoms. The summed E-state index contributed by atoms with van der Waals surface area (Å²) in [5.41, 5.74) is 1.55. The molecule has 0 fully saturated rings. The van der Waals surface area contributed by atoms with E-state index in [4.69, 9.17) is 0 Å². The molecule has 4 N–H and O–H groups in total. The Kier molecular flexibility index (Phi) is 16.0. The van der Waals surface area contributed by atoms with Gasteiger partial charge >= 0.3 is 0 Å². The van der Waals surface area contributed by atoms with Crippen molar-refractivity contribution in [1.82, 2.24) is 26.2 Å². The monoisotopic (exact) mass is 621 g/mol.